The van der Waals surface area contributed by atoms with Crippen LogP contribution in [0.25, 0.3) is 11.0 Å². The second-order valence-corrected chi connectivity index (χ2v) is 7.33. The highest BCUT2D eigenvalue weighted by Gasteiger charge is 2.16. The quantitative estimate of drug-likeness (QED) is 0.674. The first-order chi connectivity index (χ1) is 13.2. The highest BCUT2D eigenvalue weighted by molar-refractivity contribution is 5.94. The van der Waals surface area contributed by atoms with Crippen LogP contribution in [0.5, 0.6) is 5.75 Å². The van der Waals surface area contributed by atoms with Crippen LogP contribution in [0.1, 0.15) is 43.4 Å². The maximum atomic E-state index is 12.4. The Balaban J connectivity index is 1.37. The summed E-state index contributed by atoms with van der Waals surface area (Å²) in [5.41, 5.74) is 2.66. The number of nitrogens with zero attached hydrogens (tertiary/aromatic N) is 1. The van der Waals surface area contributed by atoms with E-state index in [0.717, 1.165) is 34.7 Å². The molecule has 3 aromatic rings. The van der Waals surface area contributed by atoms with E-state index in [0.29, 0.717) is 11.4 Å². The summed E-state index contributed by atoms with van der Waals surface area (Å²) in [6.45, 7) is 0. The van der Waals surface area contributed by atoms with Gasteiger partial charge in [0.05, 0.1) is 19.8 Å². The van der Waals surface area contributed by atoms with E-state index in [9.17, 15) is 4.79 Å². The first-order valence-electron chi connectivity index (χ1n) is 9.59. The molecule has 0 spiro atoms. The SMILES string of the molecule is COc1ccc2c(CC(=O)Nc3cc(CC4CCCCC4)[nH]n3)coc2c1. The Kier molecular flexibility index (Phi) is 5.14. The van der Waals surface area contributed by atoms with E-state index in [2.05, 4.69) is 15.5 Å². The molecular formula is C21H25N3O3. The van der Waals surface area contributed by atoms with Gasteiger partial charge < -0.3 is 14.5 Å². The van der Waals surface area contributed by atoms with Gasteiger partial charge in [-0.15, -0.1) is 0 Å². The Morgan fingerprint density at radius 3 is 2.96 bits per heavy atom. The molecule has 0 bridgehead atoms. The van der Waals surface area contributed by atoms with Gasteiger partial charge in [-0.05, 0) is 24.5 Å². The number of aromatic amines is 1. The number of rotatable bonds is 6. The van der Waals surface area contributed by atoms with E-state index < -0.39 is 0 Å². The lowest BCUT2D eigenvalue weighted by Crippen LogP contribution is -2.14. The lowest BCUT2D eigenvalue weighted by Gasteiger charge is -2.20. The zero-order valence-corrected chi connectivity index (χ0v) is 15.6. The van der Waals surface area contributed by atoms with Crippen LogP contribution in [0.2, 0.25) is 0 Å². The third kappa shape index (κ3) is 4.15. The van der Waals surface area contributed by atoms with Crippen LogP contribution in [0.15, 0.2) is 34.9 Å². The van der Waals surface area contributed by atoms with Gasteiger partial charge >= 0.3 is 0 Å². The van der Waals surface area contributed by atoms with Crippen molar-refractivity contribution in [1.82, 2.24) is 10.2 Å². The Morgan fingerprint density at radius 2 is 2.15 bits per heavy atom. The molecule has 1 aliphatic rings. The van der Waals surface area contributed by atoms with Crippen molar-refractivity contribution in [2.75, 3.05) is 12.4 Å². The fourth-order valence-electron chi connectivity index (χ4n) is 3.92. The van der Waals surface area contributed by atoms with Gasteiger partial charge in [0.15, 0.2) is 5.82 Å². The highest BCUT2D eigenvalue weighted by Crippen LogP contribution is 2.27. The molecule has 1 fully saturated rings. The molecule has 0 aliphatic heterocycles. The Hall–Kier alpha value is -2.76. The van der Waals surface area contributed by atoms with Crippen molar-refractivity contribution >= 4 is 22.7 Å². The summed E-state index contributed by atoms with van der Waals surface area (Å²) in [5.74, 6) is 1.94. The first kappa shape index (κ1) is 17.6. The van der Waals surface area contributed by atoms with E-state index in [-0.39, 0.29) is 12.3 Å². The van der Waals surface area contributed by atoms with Crippen LogP contribution in [-0.2, 0) is 17.6 Å². The second kappa shape index (κ2) is 7.86. The Bertz CT molecular complexity index is 922. The summed E-state index contributed by atoms with van der Waals surface area (Å²) in [7, 11) is 1.62. The monoisotopic (exact) mass is 367 g/mol. The minimum atomic E-state index is -0.107. The topological polar surface area (TPSA) is 80.1 Å². The fraction of sp³-hybridized carbons (Fsp3) is 0.429. The molecule has 2 N–H and O–H groups in total. The molecule has 0 radical (unpaired) electrons. The van der Waals surface area contributed by atoms with E-state index in [1.807, 2.05) is 24.3 Å². The van der Waals surface area contributed by atoms with E-state index in [1.54, 1.807) is 13.4 Å². The number of ether oxygens (including phenoxy) is 1. The molecule has 1 amide bonds. The van der Waals surface area contributed by atoms with Crippen molar-refractivity contribution in [3.05, 3.63) is 41.8 Å². The van der Waals surface area contributed by atoms with E-state index in [1.165, 1.54) is 32.1 Å². The van der Waals surface area contributed by atoms with E-state index in [4.69, 9.17) is 9.15 Å². The molecule has 6 nitrogen and oxygen atoms in total. The minimum absolute atomic E-state index is 0.107. The molecule has 4 rings (SSSR count). The summed E-state index contributed by atoms with van der Waals surface area (Å²) in [6.07, 6.45) is 9.47. The number of benzene rings is 1. The maximum absolute atomic E-state index is 12.4. The van der Waals surface area contributed by atoms with Crippen molar-refractivity contribution in [3.63, 3.8) is 0 Å². The average molecular weight is 367 g/mol. The zero-order chi connectivity index (χ0) is 18.6. The Labute approximate surface area is 158 Å². The van der Waals surface area contributed by atoms with Crippen molar-refractivity contribution < 1.29 is 13.9 Å². The van der Waals surface area contributed by atoms with Crippen LogP contribution in [0, 0.1) is 5.92 Å². The number of carbonyl (C=O) groups is 1. The number of hydrogen-bond donors (Lipinski definition) is 2. The molecule has 1 aliphatic carbocycles. The van der Waals surface area contributed by atoms with Gasteiger partial charge in [-0.3, -0.25) is 9.89 Å². The van der Waals surface area contributed by atoms with Crippen LogP contribution in [0.4, 0.5) is 5.82 Å². The summed E-state index contributed by atoms with van der Waals surface area (Å²) in [5, 5.41) is 11.1. The summed E-state index contributed by atoms with van der Waals surface area (Å²) >= 11 is 0. The molecule has 0 atom stereocenters. The van der Waals surface area contributed by atoms with Crippen molar-refractivity contribution in [1.29, 1.82) is 0 Å². The lowest BCUT2D eigenvalue weighted by molar-refractivity contribution is -0.115. The number of aromatic nitrogens is 2. The van der Waals surface area contributed by atoms with Crippen molar-refractivity contribution in [2.45, 2.75) is 44.9 Å². The number of anilines is 1. The van der Waals surface area contributed by atoms with Gasteiger partial charge in [-0.25, -0.2) is 0 Å². The number of furan rings is 1. The first-order valence-corrected chi connectivity index (χ1v) is 9.59. The smallest absolute Gasteiger partial charge is 0.230 e. The lowest BCUT2D eigenvalue weighted by atomic mass is 9.86. The number of nitrogens with one attached hydrogen (secondary N) is 2. The van der Waals surface area contributed by atoms with Crippen LogP contribution >= 0.6 is 0 Å². The molecule has 0 saturated heterocycles. The Morgan fingerprint density at radius 1 is 1.30 bits per heavy atom. The van der Waals surface area contributed by atoms with Gasteiger partial charge in [0.1, 0.15) is 11.3 Å². The number of carbonyl (C=O) groups excluding carboxylic acids is 1. The predicted molar refractivity (Wildman–Crippen MR) is 104 cm³/mol. The summed E-state index contributed by atoms with van der Waals surface area (Å²) in [6, 6.07) is 7.55. The highest BCUT2D eigenvalue weighted by atomic mass is 16.5. The summed E-state index contributed by atoms with van der Waals surface area (Å²) < 4.78 is 10.7. The van der Waals surface area contributed by atoms with Gasteiger partial charge in [-0.1, -0.05) is 32.1 Å². The molecule has 2 aromatic heterocycles. The van der Waals surface area contributed by atoms with Gasteiger partial charge in [0.25, 0.3) is 0 Å². The van der Waals surface area contributed by atoms with Crippen LogP contribution in [0.3, 0.4) is 0 Å². The van der Waals surface area contributed by atoms with Crippen LogP contribution in [-0.4, -0.2) is 23.2 Å². The molecule has 27 heavy (non-hydrogen) atoms. The van der Waals surface area contributed by atoms with Crippen molar-refractivity contribution in [3.8, 4) is 5.75 Å². The third-order valence-corrected chi connectivity index (χ3v) is 5.35. The number of methoxy groups -OCH3 is 1. The molecule has 0 unspecified atom stereocenters. The third-order valence-electron chi connectivity index (χ3n) is 5.35. The van der Waals surface area contributed by atoms with Gasteiger partial charge in [0, 0.05) is 28.8 Å². The minimum Gasteiger partial charge on any atom is -0.497 e. The number of hydrogen-bond acceptors (Lipinski definition) is 4. The molecule has 1 aromatic carbocycles. The van der Waals surface area contributed by atoms with Gasteiger partial charge in [0.2, 0.25) is 5.91 Å². The number of fused-ring (bicyclic) bond motifs is 1. The molecule has 142 valence electrons. The van der Waals surface area contributed by atoms with Gasteiger partial charge in [-0.2, -0.15) is 5.10 Å². The zero-order valence-electron chi connectivity index (χ0n) is 15.6. The second-order valence-electron chi connectivity index (χ2n) is 7.33. The molecule has 2 heterocycles. The fourth-order valence-corrected chi connectivity index (χ4v) is 3.92. The largest absolute Gasteiger partial charge is 0.497 e. The van der Waals surface area contributed by atoms with Crippen molar-refractivity contribution in [2.24, 2.45) is 5.92 Å². The molecule has 6 heteroatoms. The predicted octanol–water partition coefficient (Wildman–Crippen LogP) is 4.47. The van der Waals surface area contributed by atoms with E-state index >= 15 is 0 Å². The average Bonchev–Trinajstić information content (AvgIpc) is 3.29. The number of H-pyrrole nitrogens is 1. The number of amides is 1. The standard InChI is InChI=1S/C21H25N3O3/c1-26-17-7-8-18-15(13-27-19(18)12-17)10-21(25)22-20-11-16(23-24-20)9-14-5-3-2-4-6-14/h7-8,11-14H,2-6,9-10H2,1H3,(H2,22,23,24,25). The van der Waals surface area contributed by atoms with Crippen LogP contribution < -0.4 is 10.1 Å². The molecular weight excluding hydrogens is 342 g/mol. The molecule has 1 saturated carbocycles. The normalized spacial score (nSPS) is 15.1. The maximum Gasteiger partial charge on any atom is 0.230 e. The summed E-state index contributed by atoms with van der Waals surface area (Å²) in [4.78, 5) is 12.4.